The van der Waals surface area contributed by atoms with Crippen molar-refractivity contribution in [3.05, 3.63) is 117 Å². The molecule has 0 spiro atoms. The molecule has 0 amide bonds. The predicted molar refractivity (Wildman–Crippen MR) is 228 cm³/mol. The summed E-state index contributed by atoms with van der Waals surface area (Å²) in [5.41, 5.74) is 3.24. The van der Waals surface area contributed by atoms with Crippen LogP contribution in [0.5, 0.6) is 0 Å². The summed E-state index contributed by atoms with van der Waals surface area (Å²) in [6.45, 7) is 0.0809. The third-order valence-electron chi connectivity index (χ3n) is 12.9. The zero-order chi connectivity index (χ0) is 41.1. The summed E-state index contributed by atoms with van der Waals surface area (Å²) >= 11 is 2.55. The van der Waals surface area contributed by atoms with Gasteiger partial charge in [-0.15, -0.1) is 22.7 Å². The van der Waals surface area contributed by atoms with Crippen LogP contribution in [0.2, 0.25) is 0 Å². The Hall–Kier alpha value is -5.72. The summed E-state index contributed by atoms with van der Waals surface area (Å²) < 4.78 is 11.8. The van der Waals surface area contributed by atoms with Crippen molar-refractivity contribution in [1.29, 1.82) is 0 Å². The Labute approximate surface area is 354 Å². The van der Waals surface area contributed by atoms with Crippen LogP contribution in [0.4, 0.5) is 10.0 Å². The van der Waals surface area contributed by atoms with E-state index >= 15 is 0 Å². The number of ketones is 4. The Morgan fingerprint density at radius 3 is 1.23 bits per heavy atom. The van der Waals surface area contributed by atoms with Crippen LogP contribution in [0, 0.1) is 23.7 Å². The van der Waals surface area contributed by atoms with Crippen molar-refractivity contribution >= 4 is 90.3 Å². The number of rotatable bonds is 8. The van der Waals surface area contributed by atoms with Gasteiger partial charge in [-0.3, -0.25) is 19.2 Å². The third-order valence-corrected chi connectivity index (χ3v) is 15.1. The normalized spacial score (nSPS) is 25.3. The Balaban J connectivity index is 1.07. The molecule has 4 saturated carbocycles. The van der Waals surface area contributed by atoms with Gasteiger partial charge >= 0.3 is 11.9 Å². The van der Waals surface area contributed by atoms with Crippen molar-refractivity contribution in [2.45, 2.75) is 76.4 Å². The van der Waals surface area contributed by atoms with E-state index in [1.54, 1.807) is 12.1 Å². The zero-order valence-electron chi connectivity index (χ0n) is 32.6. The predicted octanol–water partition coefficient (Wildman–Crippen LogP) is 9.02. The van der Waals surface area contributed by atoms with Gasteiger partial charge in [-0.1, -0.05) is 98.5 Å². The van der Waals surface area contributed by atoms with Gasteiger partial charge in [0.15, 0.2) is 34.6 Å². The molecule has 6 aliphatic rings. The highest BCUT2D eigenvalue weighted by Crippen LogP contribution is 2.57. The van der Waals surface area contributed by atoms with Gasteiger partial charge in [0.05, 0.1) is 11.1 Å². The van der Waals surface area contributed by atoms with E-state index in [-0.39, 0.29) is 71.4 Å². The molecule has 0 bridgehead atoms. The molecule has 0 radical (unpaired) electrons. The highest BCUT2D eigenvalue weighted by Gasteiger charge is 2.49. The lowest BCUT2D eigenvalue weighted by Gasteiger charge is -2.32. The highest BCUT2D eigenvalue weighted by atomic mass is 32.1. The lowest BCUT2D eigenvalue weighted by Crippen LogP contribution is -2.22. The number of allylic oxidation sites excluding steroid dienone is 2. The number of carbonyl (C=O) groups is 6. The quantitative estimate of drug-likeness (QED) is 0.160. The number of nitrogens with zero attached hydrogens (tertiary/aromatic N) is 2. The van der Waals surface area contributed by atoms with Gasteiger partial charge in [-0.05, 0) is 48.9 Å². The summed E-state index contributed by atoms with van der Waals surface area (Å²) in [4.78, 5) is 93.3. The van der Waals surface area contributed by atoms with Gasteiger partial charge in [0, 0.05) is 56.4 Å². The summed E-state index contributed by atoms with van der Waals surface area (Å²) in [6.07, 6.45) is 9.99. The van der Waals surface area contributed by atoms with Gasteiger partial charge in [0.2, 0.25) is 0 Å². The van der Waals surface area contributed by atoms with Crippen molar-refractivity contribution in [2.75, 3.05) is 0 Å². The maximum atomic E-state index is 14.2. The van der Waals surface area contributed by atoms with E-state index in [2.05, 4.69) is 0 Å². The van der Waals surface area contributed by atoms with Gasteiger partial charge in [0.1, 0.15) is 23.2 Å². The summed E-state index contributed by atoms with van der Waals surface area (Å²) in [5.74, 6) is -4.32. The molecule has 6 unspecified atom stereocenters. The molecule has 6 atom stereocenters. The fourth-order valence-electron chi connectivity index (χ4n) is 9.89. The second-order valence-electron chi connectivity index (χ2n) is 16.4. The summed E-state index contributed by atoms with van der Waals surface area (Å²) in [7, 11) is 0. The van der Waals surface area contributed by atoms with Crippen LogP contribution in [-0.4, -0.2) is 46.5 Å². The SMILES string of the molecule is O=C(OCc1ccccc1)C1=CC2c3sc(N=C4C(=O)C5CCCCC5C4=O)cc3C(C(=O)OCc3ccccc3)=CC2c2sc(N=C3C(=O)C4CCCCC4C3=O)cc21. The van der Waals surface area contributed by atoms with Gasteiger partial charge in [-0.2, -0.15) is 0 Å². The second-order valence-corrected chi connectivity index (χ2v) is 18.6. The lowest BCUT2D eigenvalue weighted by molar-refractivity contribution is -0.138. The number of esters is 2. The van der Waals surface area contributed by atoms with Crippen molar-refractivity contribution in [3.63, 3.8) is 0 Å². The maximum absolute atomic E-state index is 14.2. The first-order chi connectivity index (χ1) is 29.2. The number of aliphatic imine (C=N–C) groups is 2. The molecule has 2 aromatic carbocycles. The average molecular weight is 837 g/mol. The van der Waals surface area contributed by atoms with Crippen LogP contribution in [0.1, 0.15) is 95.2 Å². The largest absolute Gasteiger partial charge is 0.457 e. The van der Waals surface area contributed by atoms with E-state index in [1.807, 2.05) is 72.8 Å². The molecule has 10 rings (SSSR count). The van der Waals surface area contributed by atoms with Gasteiger partial charge in [-0.25, -0.2) is 19.6 Å². The second kappa shape index (κ2) is 15.7. The van der Waals surface area contributed by atoms with Crippen molar-refractivity contribution in [1.82, 2.24) is 0 Å². The monoisotopic (exact) mass is 836 g/mol. The van der Waals surface area contributed by atoms with E-state index in [1.165, 1.54) is 22.7 Å². The third kappa shape index (κ3) is 6.79. The van der Waals surface area contributed by atoms with E-state index in [9.17, 15) is 28.8 Å². The van der Waals surface area contributed by atoms with Crippen LogP contribution >= 0.6 is 22.7 Å². The molecule has 4 fully saturated rings. The number of ether oxygens (including phenoxy) is 2. The average Bonchev–Trinajstić information content (AvgIpc) is 4.03. The van der Waals surface area contributed by atoms with Gasteiger partial charge < -0.3 is 9.47 Å². The first kappa shape index (κ1) is 38.5. The molecule has 302 valence electrons. The van der Waals surface area contributed by atoms with E-state index in [0.717, 1.165) is 36.8 Å². The first-order valence-corrected chi connectivity index (χ1v) is 22.3. The Morgan fingerprint density at radius 2 is 0.883 bits per heavy atom. The number of Topliss-reactive ketones (excluding diaryl/α,β-unsaturated/α-hetero) is 4. The van der Waals surface area contributed by atoms with Crippen molar-refractivity contribution in [3.8, 4) is 0 Å². The first-order valence-electron chi connectivity index (χ1n) is 20.7. The van der Waals surface area contributed by atoms with Crippen LogP contribution in [-0.2, 0) is 51.5 Å². The fourth-order valence-corrected chi connectivity index (χ4v) is 12.2. The molecule has 60 heavy (non-hydrogen) atoms. The Bertz CT molecular complexity index is 2380. The van der Waals surface area contributed by atoms with Crippen LogP contribution in [0.25, 0.3) is 11.1 Å². The minimum Gasteiger partial charge on any atom is -0.457 e. The maximum Gasteiger partial charge on any atom is 0.338 e. The molecule has 0 N–H and O–H groups in total. The molecular formula is C48H40N2O8S2. The van der Waals surface area contributed by atoms with E-state index in [4.69, 9.17) is 19.5 Å². The van der Waals surface area contributed by atoms with Crippen molar-refractivity contribution in [2.24, 2.45) is 33.7 Å². The number of carbonyl (C=O) groups excluding carboxylic acids is 6. The molecule has 0 aliphatic heterocycles. The molecular weight excluding hydrogens is 797 g/mol. The number of hydrogen-bond donors (Lipinski definition) is 0. The molecule has 0 saturated heterocycles. The van der Waals surface area contributed by atoms with Crippen LogP contribution < -0.4 is 0 Å². The summed E-state index contributed by atoms with van der Waals surface area (Å²) in [5, 5.41) is 0.811. The molecule has 4 aromatic rings. The molecule has 6 aliphatic carbocycles. The topological polar surface area (TPSA) is 146 Å². The summed E-state index contributed by atoms with van der Waals surface area (Å²) in [6, 6.07) is 22.2. The molecule has 2 heterocycles. The number of thiophene rings is 2. The number of hydrogen-bond acceptors (Lipinski definition) is 12. The molecule has 12 heteroatoms. The fraction of sp³-hybridized carbons (Fsp3) is 0.333. The number of benzene rings is 2. The zero-order valence-corrected chi connectivity index (χ0v) is 34.2. The van der Waals surface area contributed by atoms with Gasteiger partial charge in [0.25, 0.3) is 0 Å². The number of fused-ring (bicyclic) bond motifs is 7. The Kier molecular flexibility index (Phi) is 10.1. The van der Waals surface area contributed by atoms with Crippen LogP contribution in [0.15, 0.2) is 94.9 Å². The smallest absolute Gasteiger partial charge is 0.338 e. The standard InChI is InChI=1S/C48H40N2O8S2/c51-41-27-15-7-8-16-28(27)42(52)39(41)49-37-21-33-35(47(55)57-23-25-11-3-1-4-12-25)19-31-32(45(33)59-37)20-36(48(56)58-24-26-13-5-2-6-14-26)34-22-38(60-46(31)34)50-40-43(53)29-17-9-10-18-30(29)44(40)54/h1-6,11-14,19-22,27-32H,7-10,15-18,23-24H2. The van der Waals surface area contributed by atoms with E-state index < -0.39 is 23.8 Å². The highest BCUT2D eigenvalue weighted by molar-refractivity contribution is 7.17. The van der Waals surface area contributed by atoms with Crippen molar-refractivity contribution < 1.29 is 38.2 Å². The minimum absolute atomic E-state index is 0.0382. The minimum atomic E-state index is -0.560. The van der Waals surface area contributed by atoms with E-state index in [0.29, 0.717) is 67.7 Å². The lowest BCUT2D eigenvalue weighted by atomic mass is 9.74. The molecule has 2 aromatic heterocycles. The van der Waals surface area contributed by atoms with Crippen LogP contribution in [0.3, 0.4) is 0 Å². The molecule has 10 nitrogen and oxygen atoms in total. The Morgan fingerprint density at radius 1 is 0.533 bits per heavy atom.